The van der Waals surface area contributed by atoms with E-state index in [1.807, 2.05) is 6.07 Å². The zero-order valence-electron chi connectivity index (χ0n) is 11.8. The Bertz CT molecular complexity index is 505. The first kappa shape index (κ1) is 14.1. The van der Waals surface area contributed by atoms with Gasteiger partial charge in [-0.25, -0.2) is 0 Å². The van der Waals surface area contributed by atoms with Crippen LogP contribution in [0.3, 0.4) is 0 Å². The third kappa shape index (κ3) is 3.83. The van der Waals surface area contributed by atoms with Gasteiger partial charge in [-0.05, 0) is 17.2 Å². The molecule has 2 aromatic rings. The van der Waals surface area contributed by atoms with Gasteiger partial charge in [-0.2, -0.15) is 0 Å². The van der Waals surface area contributed by atoms with Gasteiger partial charge >= 0.3 is 0 Å². The van der Waals surface area contributed by atoms with E-state index in [4.69, 9.17) is 0 Å². The molecular formula is C15H21N3S. The van der Waals surface area contributed by atoms with E-state index in [9.17, 15) is 0 Å². The van der Waals surface area contributed by atoms with Crippen LogP contribution in [-0.4, -0.2) is 20.5 Å². The molecule has 0 bridgehead atoms. The van der Waals surface area contributed by atoms with Crippen molar-refractivity contribution in [1.82, 2.24) is 14.8 Å². The highest BCUT2D eigenvalue weighted by Crippen LogP contribution is 2.19. The maximum Gasteiger partial charge on any atom is 0.191 e. The van der Waals surface area contributed by atoms with Crippen molar-refractivity contribution in [3.63, 3.8) is 0 Å². The molecule has 0 amide bonds. The number of benzene rings is 1. The summed E-state index contributed by atoms with van der Waals surface area (Å²) in [7, 11) is 0. The first-order valence-electron chi connectivity index (χ1n) is 6.79. The minimum Gasteiger partial charge on any atom is -0.305 e. The standard InChI is InChI=1S/C15H21N3S/c1-4-19-15-17-16-14(18(15)11-12(2)3)10-13-8-6-5-7-9-13/h5-9,12H,4,10-11H2,1-3H3. The number of thioether (sulfide) groups is 1. The number of nitrogens with zero attached hydrogens (tertiary/aromatic N) is 3. The predicted molar refractivity (Wildman–Crippen MR) is 80.5 cm³/mol. The van der Waals surface area contributed by atoms with Crippen LogP contribution in [0, 0.1) is 5.92 Å². The highest BCUT2D eigenvalue weighted by molar-refractivity contribution is 7.99. The van der Waals surface area contributed by atoms with Crippen LogP contribution in [0.2, 0.25) is 0 Å². The predicted octanol–water partition coefficient (Wildman–Crippen LogP) is 3.64. The Morgan fingerprint density at radius 1 is 1.16 bits per heavy atom. The van der Waals surface area contributed by atoms with E-state index in [0.29, 0.717) is 5.92 Å². The molecule has 0 aliphatic carbocycles. The van der Waals surface area contributed by atoms with Crippen LogP contribution >= 0.6 is 11.8 Å². The number of hydrogen-bond acceptors (Lipinski definition) is 3. The minimum absolute atomic E-state index is 0.599. The van der Waals surface area contributed by atoms with Crippen molar-refractivity contribution < 1.29 is 0 Å². The zero-order chi connectivity index (χ0) is 13.7. The first-order valence-corrected chi connectivity index (χ1v) is 7.78. The molecule has 0 saturated carbocycles. The van der Waals surface area contributed by atoms with E-state index in [1.165, 1.54) is 5.56 Å². The van der Waals surface area contributed by atoms with Crippen LogP contribution < -0.4 is 0 Å². The molecule has 2 rings (SSSR count). The van der Waals surface area contributed by atoms with Crippen molar-refractivity contribution in [1.29, 1.82) is 0 Å². The highest BCUT2D eigenvalue weighted by atomic mass is 32.2. The van der Waals surface area contributed by atoms with Crippen LogP contribution in [0.1, 0.15) is 32.2 Å². The van der Waals surface area contributed by atoms with E-state index in [2.05, 4.69) is 59.8 Å². The van der Waals surface area contributed by atoms with Gasteiger partial charge in [0.25, 0.3) is 0 Å². The van der Waals surface area contributed by atoms with Crippen molar-refractivity contribution in [2.24, 2.45) is 5.92 Å². The molecular weight excluding hydrogens is 254 g/mol. The van der Waals surface area contributed by atoms with E-state index < -0.39 is 0 Å². The summed E-state index contributed by atoms with van der Waals surface area (Å²) in [5.41, 5.74) is 1.29. The Labute approximate surface area is 119 Å². The molecule has 1 aromatic heterocycles. The minimum atomic E-state index is 0.599. The van der Waals surface area contributed by atoms with Gasteiger partial charge in [-0.15, -0.1) is 10.2 Å². The average Bonchev–Trinajstić information content (AvgIpc) is 2.74. The molecule has 0 aliphatic rings. The van der Waals surface area contributed by atoms with Crippen molar-refractivity contribution in [2.75, 3.05) is 5.75 Å². The van der Waals surface area contributed by atoms with Crippen LogP contribution in [-0.2, 0) is 13.0 Å². The molecule has 0 fully saturated rings. The largest absolute Gasteiger partial charge is 0.305 e. The lowest BCUT2D eigenvalue weighted by atomic mass is 10.1. The fourth-order valence-corrected chi connectivity index (χ4v) is 2.71. The Morgan fingerprint density at radius 3 is 2.53 bits per heavy atom. The van der Waals surface area contributed by atoms with Crippen LogP contribution in [0.5, 0.6) is 0 Å². The van der Waals surface area contributed by atoms with Gasteiger partial charge < -0.3 is 4.57 Å². The molecule has 1 aromatic carbocycles. The molecule has 0 N–H and O–H groups in total. The quantitative estimate of drug-likeness (QED) is 0.754. The molecule has 4 heteroatoms. The smallest absolute Gasteiger partial charge is 0.191 e. The molecule has 3 nitrogen and oxygen atoms in total. The number of aromatic nitrogens is 3. The molecule has 0 radical (unpaired) electrons. The van der Waals surface area contributed by atoms with Gasteiger partial charge in [0.15, 0.2) is 5.16 Å². The Balaban J connectivity index is 2.24. The fourth-order valence-electron chi connectivity index (χ4n) is 2.01. The van der Waals surface area contributed by atoms with Crippen LogP contribution in [0.15, 0.2) is 35.5 Å². The topological polar surface area (TPSA) is 30.7 Å². The summed E-state index contributed by atoms with van der Waals surface area (Å²) in [4.78, 5) is 0. The first-order chi connectivity index (χ1) is 9.20. The van der Waals surface area contributed by atoms with Crippen LogP contribution in [0.4, 0.5) is 0 Å². The summed E-state index contributed by atoms with van der Waals surface area (Å²) in [5.74, 6) is 2.69. The highest BCUT2D eigenvalue weighted by Gasteiger charge is 2.13. The average molecular weight is 275 g/mol. The van der Waals surface area contributed by atoms with Gasteiger partial charge in [0.1, 0.15) is 5.82 Å². The normalized spacial score (nSPS) is 11.2. The van der Waals surface area contributed by atoms with Crippen molar-refractivity contribution in [2.45, 2.75) is 38.9 Å². The molecule has 0 unspecified atom stereocenters. The summed E-state index contributed by atoms with van der Waals surface area (Å²) in [6.45, 7) is 7.59. The van der Waals surface area contributed by atoms with Gasteiger partial charge in [-0.3, -0.25) is 0 Å². The molecule has 0 atom stereocenters. The van der Waals surface area contributed by atoms with E-state index >= 15 is 0 Å². The number of hydrogen-bond donors (Lipinski definition) is 0. The summed E-state index contributed by atoms with van der Waals surface area (Å²) < 4.78 is 2.27. The SMILES string of the molecule is CCSc1nnc(Cc2ccccc2)n1CC(C)C. The zero-order valence-corrected chi connectivity index (χ0v) is 12.7. The summed E-state index contributed by atoms with van der Waals surface area (Å²) in [6.07, 6.45) is 0.852. The lowest BCUT2D eigenvalue weighted by Crippen LogP contribution is -2.10. The Morgan fingerprint density at radius 2 is 1.89 bits per heavy atom. The summed E-state index contributed by atoms with van der Waals surface area (Å²) >= 11 is 1.76. The maximum absolute atomic E-state index is 4.38. The van der Waals surface area contributed by atoms with Crippen molar-refractivity contribution in [3.8, 4) is 0 Å². The number of rotatable bonds is 6. The van der Waals surface area contributed by atoms with Crippen molar-refractivity contribution in [3.05, 3.63) is 41.7 Å². The van der Waals surface area contributed by atoms with E-state index in [1.54, 1.807) is 11.8 Å². The fraction of sp³-hybridized carbons (Fsp3) is 0.467. The monoisotopic (exact) mass is 275 g/mol. The lowest BCUT2D eigenvalue weighted by Gasteiger charge is -2.12. The molecule has 19 heavy (non-hydrogen) atoms. The van der Waals surface area contributed by atoms with E-state index in [0.717, 1.165) is 29.7 Å². The lowest BCUT2D eigenvalue weighted by molar-refractivity contribution is 0.482. The van der Waals surface area contributed by atoms with Gasteiger partial charge in [0, 0.05) is 13.0 Å². The van der Waals surface area contributed by atoms with Gasteiger partial charge in [0.2, 0.25) is 0 Å². The second kappa shape index (κ2) is 6.75. The molecule has 0 saturated heterocycles. The third-order valence-electron chi connectivity index (χ3n) is 2.82. The second-order valence-corrected chi connectivity index (χ2v) is 6.23. The van der Waals surface area contributed by atoms with Crippen LogP contribution in [0.25, 0.3) is 0 Å². The molecule has 0 spiro atoms. The second-order valence-electron chi connectivity index (χ2n) is 5.00. The van der Waals surface area contributed by atoms with Gasteiger partial charge in [-0.1, -0.05) is 62.9 Å². The molecule has 1 heterocycles. The molecule has 0 aliphatic heterocycles. The van der Waals surface area contributed by atoms with Crippen molar-refractivity contribution >= 4 is 11.8 Å². The third-order valence-corrected chi connectivity index (χ3v) is 3.67. The van der Waals surface area contributed by atoms with E-state index in [-0.39, 0.29) is 0 Å². The maximum atomic E-state index is 4.38. The Kier molecular flexibility index (Phi) is 5.02. The summed E-state index contributed by atoms with van der Waals surface area (Å²) in [6, 6.07) is 10.5. The Hall–Kier alpha value is -1.29. The summed E-state index contributed by atoms with van der Waals surface area (Å²) in [5, 5.41) is 9.75. The van der Waals surface area contributed by atoms with Gasteiger partial charge in [0.05, 0.1) is 0 Å². The molecule has 102 valence electrons.